The van der Waals surface area contributed by atoms with Gasteiger partial charge in [0.2, 0.25) is 0 Å². The van der Waals surface area contributed by atoms with Crippen molar-refractivity contribution in [2.24, 2.45) is 0 Å². The van der Waals surface area contributed by atoms with Gasteiger partial charge in [0.15, 0.2) is 0 Å². The van der Waals surface area contributed by atoms with E-state index < -0.39 is 0 Å². The summed E-state index contributed by atoms with van der Waals surface area (Å²) in [5, 5.41) is 2.54. The van der Waals surface area contributed by atoms with E-state index in [0.717, 1.165) is 62.0 Å². The molecule has 6 nitrogen and oxygen atoms in total. The summed E-state index contributed by atoms with van der Waals surface area (Å²) >= 11 is 0. The van der Waals surface area contributed by atoms with Crippen molar-refractivity contribution in [1.29, 1.82) is 0 Å². The third kappa shape index (κ3) is 17.4. The van der Waals surface area contributed by atoms with Crippen LogP contribution in [0.2, 0.25) is 0 Å². The molecule has 0 saturated heterocycles. The predicted molar refractivity (Wildman–Crippen MR) is 357 cm³/mol. The molecule has 9 heteroatoms. The first kappa shape index (κ1) is 66.4. The van der Waals surface area contributed by atoms with Crippen LogP contribution >= 0.6 is 0 Å². The van der Waals surface area contributed by atoms with Crippen LogP contribution in [0.5, 0.6) is 0 Å². The molecular formula is C81H59Ir3N6-5. The van der Waals surface area contributed by atoms with E-state index in [4.69, 9.17) is 0 Å². The summed E-state index contributed by atoms with van der Waals surface area (Å²) in [4.78, 5) is 21.9. The van der Waals surface area contributed by atoms with Crippen molar-refractivity contribution in [1.82, 2.24) is 29.5 Å². The molecule has 15 aromatic rings. The second-order valence-electron chi connectivity index (χ2n) is 20.1. The van der Waals surface area contributed by atoms with Crippen molar-refractivity contribution in [2.45, 2.75) is 13.8 Å². The minimum Gasteiger partial charge on any atom is -0.327 e. The van der Waals surface area contributed by atoms with Crippen molar-refractivity contribution < 1.29 is 60.3 Å². The summed E-state index contributed by atoms with van der Waals surface area (Å²) in [6.45, 7) is 4.25. The summed E-state index contributed by atoms with van der Waals surface area (Å²) in [7, 11) is 0. The average molecular weight is 1690 g/mol. The van der Waals surface area contributed by atoms with Crippen LogP contribution in [0.3, 0.4) is 0 Å². The molecule has 0 N–H and O–H groups in total. The second kappa shape index (κ2) is 34.3. The Hall–Kier alpha value is -9.52. The first-order chi connectivity index (χ1) is 43.0. The summed E-state index contributed by atoms with van der Waals surface area (Å²) in [5.74, 6) is 0. The van der Waals surface area contributed by atoms with Crippen molar-refractivity contribution in [2.75, 3.05) is 0 Å². The van der Waals surface area contributed by atoms with Gasteiger partial charge in [0.1, 0.15) is 0 Å². The van der Waals surface area contributed by atoms with Crippen molar-refractivity contribution >= 4 is 21.8 Å². The van der Waals surface area contributed by atoms with Crippen LogP contribution in [0.15, 0.2) is 322 Å². The van der Waals surface area contributed by atoms with Gasteiger partial charge in [-0.05, 0) is 112 Å². The van der Waals surface area contributed by atoms with Crippen LogP contribution in [-0.2, 0) is 60.3 Å². The smallest absolute Gasteiger partial charge is 0.0523 e. The molecule has 0 unspecified atom stereocenters. The summed E-state index contributed by atoms with van der Waals surface area (Å²) < 4.78 is 2.31. The zero-order valence-electron chi connectivity index (χ0n) is 49.3. The third-order valence-corrected chi connectivity index (χ3v) is 14.2. The molecule has 0 aliphatic rings. The van der Waals surface area contributed by atoms with Gasteiger partial charge < -0.3 is 29.5 Å². The monoisotopic (exact) mass is 1690 g/mol. The van der Waals surface area contributed by atoms with Crippen LogP contribution in [-0.4, -0.2) is 29.5 Å². The average Bonchev–Trinajstić information content (AvgIpc) is 3.24. The molecule has 0 spiro atoms. The number of para-hydroxylation sites is 2. The fraction of sp³-hybridized carbons (Fsp3) is 0.0247. The number of rotatable bonds is 8. The van der Waals surface area contributed by atoms with E-state index in [1.54, 1.807) is 12.4 Å². The number of fused-ring (bicyclic) bond motifs is 3. The first-order valence-corrected chi connectivity index (χ1v) is 28.7. The quantitative estimate of drug-likeness (QED) is 0.142. The Balaban J connectivity index is 0.000000148. The van der Waals surface area contributed by atoms with E-state index >= 15 is 0 Å². The molecule has 15 rings (SSSR count). The Kier molecular flexibility index (Phi) is 25.3. The van der Waals surface area contributed by atoms with Crippen LogP contribution in [0.1, 0.15) is 11.1 Å². The summed E-state index contributed by atoms with van der Waals surface area (Å²) in [6.07, 6.45) is 9.20. The van der Waals surface area contributed by atoms with Crippen molar-refractivity contribution in [3.63, 3.8) is 0 Å². The number of hydrogen-bond acceptors (Lipinski definition) is 5. The number of hydrogen-bond donors (Lipinski definition) is 0. The molecule has 0 saturated carbocycles. The number of aryl methyl sites for hydroxylation is 2. The molecule has 9 aromatic carbocycles. The van der Waals surface area contributed by atoms with Crippen molar-refractivity contribution in [3.05, 3.63) is 364 Å². The minimum atomic E-state index is 0. The van der Waals surface area contributed by atoms with Gasteiger partial charge in [-0.1, -0.05) is 140 Å². The second-order valence-corrected chi connectivity index (χ2v) is 20.1. The summed E-state index contributed by atoms with van der Waals surface area (Å²) in [5.41, 5.74) is 20.8. The van der Waals surface area contributed by atoms with E-state index in [1.807, 2.05) is 195 Å². The molecule has 0 aliphatic carbocycles. The maximum Gasteiger partial charge on any atom is 0.0523 e. The molecule has 0 aliphatic heterocycles. The predicted octanol–water partition coefficient (Wildman–Crippen LogP) is 19.8. The zero-order chi connectivity index (χ0) is 59.2. The zero-order valence-corrected chi connectivity index (χ0v) is 56.5. The van der Waals surface area contributed by atoms with E-state index in [1.165, 1.54) is 55.2 Å². The van der Waals surface area contributed by atoms with Crippen LogP contribution in [0.4, 0.5) is 0 Å². The van der Waals surface area contributed by atoms with Gasteiger partial charge in [-0.15, -0.1) is 173 Å². The van der Waals surface area contributed by atoms with Crippen molar-refractivity contribution in [3.8, 4) is 84.2 Å². The Morgan fingerprint density at radius 3 is 1.18 bits per heavy atom. The largest absolute Gasteiger partial charge is 0.327 e. The molecule has 6 aromatic heterocycles. The number of pyridine rings is 5. The summed E-state index contributed by atoms with van der Waals surface area (Å²) in [6, 6.07) is 114. The molecule has 0 fully saturated rings. The molecule has 445 valence electrons. The van der Waals surface area contributed by atoms with Crippen LogP contribution < -0.4 is 0 Å². The first-order valence-electron chi connectivity index (χ1n) is 28.7. The minimum absolute atomic E-state index is 0. The van der Waals surface area contributed by atoms with Crippen LogP contribution in [0, 0.1) is 44.2 Å². The van der Waals surface area contributed by atoms with Gasteiger partial charge in [-0.25, -0.2) is 0 Å². The third-order valence-electron chi connectivity index (χ3n) is 14.2. The SMILES string of the molecule is Cc1cc(-c2[c-]cccc2)ncc1-c1ccccc1.Cc1ccccc1-c1ccnc(-c2[c-]cccc2)c1.[Ir].[Ir].[Ir].[c-]1ccc(-n2c3ccccc3c3ccccc32)cc1-c1ccccn1.[c-]1ccccc1-c1ccccn1.[c-]1ccccc1-c1ccccn1. The topological polar surface area (TPSA) is 69.4 Å². The Labute approximate surface area is 568 Å². The number of benzene rings is 9. The van der Waals surface area contributed by atoms with Gasteiger partial charge in [0.05, 0.1) is 11.0 Å². The fourth-order valence-electron chi connectivity index (χ4n) is 9.98. The fourth-order valence-corrected chi connectivity index (χ4v) is 9.98. The molecule has 90 heavy (non-hydrogen) atoms. The van der Waals surface area contributed by atoms with E-state index in [-0.39, 0.29) is 60.3 Å². The van der Waals surface area contributed by atoms with Gasteiger partial charge in [-0.2, -0.15) is 0 Å². The van der Waals surface area contributed by atoms with E-state index in [0.29, 0.717) is 0 Å². The Morgan fingerprint density at radius 2 is 0.700 bits per heavy atom. The Morgan fingerprint density at radius 1 is 0.278 bits per heavy atom. The van der Waals surface area contributed by atoms with Gasteiger partial charge in [-0.3, -0.25) is 0 Å². The number of nitrogens with zero attached hydrogens (tertiary/aromatic N) is 6. The molecular weight excluding hydrogens is 1630 g/mol. The van der Waals surface area contributed by atoms with E-state index in [2.05, 4.69) is 189 Å². The van der Waals surface area contributed by atoms with Gasteiger partial charge in [0, 0.05) is 108 Å². The standard InChI is InChI=1S/C23H15N2.2C18H14N.2C11H8N.3Ir/c1-3-13-22-19(10-1)20-11-2-4-14-23(20)25(22)18-9-7-8-17(16-18)21-12-5-6-15-24-21;1-14-12-18(16-10-6-3-7-11-16)19-13-17(14)15-8-4-2-5-9-15;1-14-7-5-6-10-17(14)16-11-12-19-18(13-16)15-8-3-2-4-9-15;2*1-2-6-10(7-3-1)11-8-4-5-9-12-11;;;/h1-7,9-16H;2-10,12-13H,1H3;2-8,10-13H,1H3;2*1-6,8-9H;;;/q5*-1;;;. The maximum atomic E-state index is 4.55. The molecule has 0 atom stereocenters. The molecule has 0 bridgehead atoms. The Bertz CT molecular complexity index is 4360. The molecule has 3 radical (unpaired) electrons. The van der Waals surface area contributed by atoms with Gasteiger partial charge in [0.25, 0.3) is 0 Å². The van der Waals surface area contributed by atoms with Gasteiger partial charge >= 0.3 is 0 Å². The molecule has 0 amide bonds. The van der Waals surface area contributed by atoms with E-state index in [9.17, 15) is 0 Å². The van der Waals surface area contributed by atoms with Crippen LogP contribution in [0.25, 0.3) is 106 Å². The maximum absolute atomic E-state index is 4.55. The number of aromatic nitrogens is 6. The normalized spacial score (nSPS) is 10.1. The molecule has 6 heterocycles.